The first-order chi connectivity index (χ1) is 19.6. The minimum Gasteiger partial charge on any atom is -0.352 e. The molecule has 0 bridgehead atoms. The van der Waals surface area contributed by atoms with E-state index >= 15 is 0 Å². The van der Waals surface area contributed by atoms with Gasteiger partial charge in [-0.05, 0) is 55.5 Å². The van der Waals surface area contributed by atoms with Crippen molar-refractivity contribution in [2.75, 3.05) is 6.54 Å². The summed E-state index contributed by atoms with van der Waals surface area (Å²) in [6.07, 6.45) is 1.18. The van der Waals surface area contributed by atoms with E-state index in [4.69, 9.17) is 0 Å². The number of hydrogen-bond acceptors (Lipinski definition) is 5. The molecule has 216 valence electrons. The summed E-state index contributed by atoms with van der Waals surface area (Å²) >= 11 is 0. The highest BCUT2D eigenvalue weighted by Gasteiger charge is 2.40. The summed E-state index contributed by atoms with van der Waals surface area (Å²) in [5.41, 5.74) is 2.98. The second-order valence-corrected chi connectivity index (χ2v) is 12.3. The summed E-state index contributed by atoms with van der Waals surface area (Å²) in [4.78, 5) is 41.9. The number of benzene rings is 3. The van der Waals surface area contributed by atoms with Crippen molar-refractivity contribution >= 4 is 27.7 Å². The zero-order chi connectivity index (χ0) is 29.6. The summed E-state index contributed by atoms with van der Waals surface area (Å²) in [5.74, 6) is -1.10. The molecular formula is C32H37N3O5S. The summed E-state index contributed by atoms with van der Waals surface area (Å²) in [5, 5.41) is 3.05. The van der Waals surface area contributed by atoms with Gasteiger partial charge in [0.15, 0.2) is 0 Å². The number of hydrogen-bond donors (Lipinski definition) is 1. The van der Waals surface area contributed by atoms with Crippen LogP contribution in [0.25, 0.3) is 0 Å². The van der Waals surface area contributed by atoms with Crippen LogP contribution in [0.2, 0.25) is 0 Å². The molecule has 1 heterocycles. The molecule has 0 saturated heterocycles. The third kappa shape index (κ3) is 6.85. The Bertz CT molecular complexity index is 1510. The van der Waals surface area contributed by atoms with E-state index in [1.165, 1.54) is 12.1 Å². The Morgan fingerprint density at radius 3 is 2.29 bits per heavy atom. The van der Waals surface area contributed by atoms with Gasteiger partial charge in [0.25, 0.3) is 15.9 Å². The van der Waals surface area contributed by atoms with E-state index in [-0.39, 0.29) is 54.2 Å². The smallest absolute Gasteiger partial charge is 0.269 e. The Balaban J connectivity index is 1.58. The number of rotatable bonds is 12. The number of amides is 3. The second kappa shape index (κ2) is 13.1. The van der Waals surface area contributed by atoms with Crippen LogP contribution in [-0.4, -0.2) is 54.0 Å². The van der Waals surface area contributed by atoms with E-state index in [9.17, 15) is 22.8 Å². The van der Waals surface area contributed by atoms with Crippen molar-refractivity contribution < 1.29 is 22.8 Å². The normalized spacial score (nSPS) is 15.2. The largest absolute Gasteiger partial charge is 0.352 e. The fourth-order valence-corrected chi connectivity index (χ4v) is 6.54. The number of carbonyl (C=O) groups is 3. The molecule has 0 unspecified atom stereocenters. The van der Waals surface area contributed by atoms with Crippen molar-refractivity contribution in [2.24, 2.45) is 0 Å². The number of sulfonamides is 1. The van der Waals surface area contributed by atoms with Gasteiger partial charge >= 0.3 is 0 Å². The van der Waals surface area contributed by atoms with Gasteiger partial charge < -0.3 is 10.2 Å². The molecule has 1 aliphatic rings. The van der Waals surface area contributed by atoms with Gasteiger partial charge in [-0.1, -0.05) is 73.7 Å². The fourth-order valence-electron chi connectivity index (χ4n) is 4.94. The SMILES string of the molecule is CC[C@H](C)NC(=O)[C@H](Cc1ccccc1)N(Cc1ccccc1C)C(=O)CCCN1C(=O)c2ccccc2S1(=O)=O. The highest BCUT2D eigenvalue weighted by molar-refractivity contribution is 7.90. The first-order valence-corrected chi connectivity index (χ1v) is 15.4. The quantitative estimate of drug-likeness (QED) is 0.343. The third-order valence-electron chi connectivity index (χ3n) is 7.54. The van der Waals surface area contributed by atoms with Crippen LogP contribution in [0, 0.1) is 6.92 Å². The molecule has 1 N–H and O–H groups in total. The lowest BCUT2D eigenvalue weighted by atomic mass is 10.0. The summed E-state index contributed by atoms with van der Waals surface area (Å²) in [6, 6.07) is 22.6. The zero-order valence-corrected chi connectivity index (χ0v) is 24.6. The zero-order valence-electron chi connectivity index (χ0n) is 23.7. The lowest BCUT2D eigenvalue weighted by Gasteiger charge is -2.33. The average Bonchev–Trinajstić information content (AvgIpc) is 3.16. The predicted molar refractivity (Wildman–Crippen MR) is 157 cm³/mol. The van der Waals surface area contributed by atoms with Gasteiger partial charge in [0, 0.05) is 32.0 Å². The average molecular weight is 576 g/mol. The Morgan fingerprint density at radius 1 is 0.951 bits per heavy atom. The molecule has 2 atom stereocenters. The minimum atomic E-state index is -3.96. The summed E-state index contributed by atoms with van der Waals surface area (Å²) in [7, 11) is -3.96. The van der Waals surface area contributed by atoms with Crippen LogP contribution < -0.4 is 5.32 Å². The van der Waals surface area contributed by atoms with E-state index in [0.717, 1.165) is 27.4 Å². The second-order valence-electron chi connectivity index (χ2n) is 10.5. The molecule has 0 saturated carbocycles. The summed E-state index contributed by atoms with van der Waals surface area (Å²) in [6.45, 7) is 5.98. The van der Waals surface area contributed by atoms with Crippen molar-refractivity contribution in [3.8, 4) is 0 Å². The van der Waals surface area contributed by atoms with Crippen molar-refractivity contribution in [2.45, 2.75) is 70.0 Å². The van der Waals surface area contributed by atoms with Gasteiger partial charge in [-0.25, -0.2) is 12.7 Å². The number of nitrogens with zero attached hydrogens (tertiary/aromatic N) is 2. The van der Waals surface area contributed by atoms with Crippen molar-refractivity contribution in [3.63, 3.8) is 0 Å². The monoisotopic (exact) mass is 575 g/mol. The van der Waals surface area contributed by atoms with Crippen LogP contribution in [0.15, 0.2) is 83.8 Å². The molecule has 1 aliphatic heterocycles. The maximum absolute atomic E-state index is 13.9. The van der Waals surface area contributed by atoms with Crippen molar-refractivity contribution in [1.82, 2.24) is 14.5 Å². The van der Waals surface area contributed by atoms with Gasteiger partial charge in [0.1, 0.15) is 10.9 Å². The molecule has 0 radical (unpaired) electrons. The van der Waals surface area contributed by atoms with Crippen LogP contribution in [0.4, 0.5) is 0 Å². The van der Waals surface area contributed by atoms with Gasteiger partial charge in [-0.15, -0.1) is 0 Å². The number of nitrogens with one attached hydrogen (secondary N) is 1. The Labute approximate surface area is 242 Å². The highest BCUT2D eigenvalue weighted by Crippen LogP contribution is 2.30. The maximum Gasteiger partial charge on any atom is 0.269 e. The van der Waals surface area contributed by atoms with Crippen LogP contribution >= 0.6 is 0 Å². The van der Waals surface area contributed by atoms with Gasteiger partial charge in [0.05, 0.1) is 5.56 Å². The molecule has 4 rings (SSSR count). The Kier molecular flexibility index (Phi) is 9.60. The Hall–Kier alpha value is -3.98. The van der Waals surface area contributed by atoms with Crippen molar-refractivity contribution in [3.05, 3.63) is 101 Å². The molecule has 0 fully saturated rings. The van der Waals surface area contributed by atoms with Crippen LogP contribution in [0.3, 0.4) is 0 Å². The third-order valence-corrected chi connectivity index (χ3v) is 9.38. The molecule has 3 aromatic rings. The molecule has 41 heavy (non-hydrogen) atoms. The first-order valence-electron chi connectivity index (χ1n) is 14.0. The minimum absolute atomic E-state index is 0.0119. The van der Waals surface area contributed by atoms with Crippen LogP contribution in [0.5, 0.6) is 0 Å². The molecule has 9 heteroatoms. The topological polar surface area (TPSA) is 104 Å². The molecular weight excluding hydrogens is 538 g/mol. The van der Waals surface area contributed by atoms with E-state index in [0.29, 0.717) is 6.42 Å². The van der Waals surface area contributed by atoms with Gasteiger partial charge in [-0.2, -0.15) is 0 Å². The Morgan fingerprint density at radius 2 is 1.61 bits per heavy atom. The lowest BCUT2D eigenvalue weighted by molar-refractivity contribution is -0.141. The van der Waals surface area contributed by atoms with Crippen molar-refractivity contribution in [1.29, 1.82) is 0 Å². The molecule has 8 nitrogen and oxygen atoms in total. The van der Waals surface area contributed by atoms with E-state index in [2.05, 4.69) is 5.32 Å². The standard InChI is InChI=1S/C32H37N3O5S/c1-4-24(3)33-31(37)28(21-25-14-6-5-7-15-25)34(22-26-16-9-8-13-23(26)2)30(36)19-12-20-35-32(38)27-17-10-11-18-29(27)41(35,39)40/h5-11,13-18,24,28H,4,12,19-22H2,1-3H3,(H,33,37)/t24-,28-/m0/s1. The number of carbonyl (C=O) groups excluding carboxylic acids is 3. The molecule has 0 aromatic heterocycles. The number of fused-ring (bicyclic) bond motifs is 1. The number of aryl methyl sites for hydroxylation is 1. The van der Waals surface area contributed by atoms with Crippen LogP contribution in [-0.2, 0) is 32.6 Å². The highest BCUT2D eigenvalue weighted by atomic mass is 32.2. The summed E-state index contributed by atoms with van der Waals surface area (Å²) < 4.78 is 26.8. The van der Waals surface area contributed by atoms with Gasteiger partial charge in [0.2, 0.25) is 11.8 Å². The first kappa shape index (κ1) is 30.0. The predicted octanol–water partition coefficient (Wildman–Crippen LogP) is 4.47. The molecule has 0 spiro atoms. The molecule has 3 amide bonds. The fraction of sp³-hybridized carbons (Fsp3) is 0.344. The van der Waals surface area contributed by atoms with E-state index in [1.54, 1.807) is 17.0 Å². The molecule has 0 aliphatic carbocycles. The van der Waals surface area contributed by atoms with Crippen LogP contribution in [0.1, 0.15) is 60.2 Å². The lowest BCUT2D eigenvalue weighted by Crippen LogP contribution is -2.52. The van der Waals surface area contributed by atoms with Gasteiger partial charge in [-0.3, -0.25) is 14.4 Å². The van der Waals surface area contributed by atoms with E-state index < -0.39 is 22.0 Å². The van der Waals surface area contributed by atoms with E-state index in [1.807, 2.05) is 75.4 Å². The maximum atomic E-state index is 13.9. The molecule has 3 aromatic carbocycles.